The van der Waals surface area contributed by atoms with E-state index < -0.39 is 6.04 Å². The van der Waals surface area contributed by atoms with Crippen molar-refractivity contribution in [3.8, 4) is 0 Å². The summed E-state index contributed by atoms with van der Waals surface area (Å²) in [6.07, 6.45) is 0. The quantitative estimate of drug-likeness (QED) is 0.450. The first kappa shape index (κ1) is 21.7. The number of H-pyrrole nitrogens is 1. The number of hydrogen-bond donors (Lipinski definition) is 2. The van der Waals surface area contributed by atoms with Gasteiger partial charge in [-0.2, -0.15) is 0 Å². The molecule has 0 unspecified atom stereocenters. The Morgan fingerprint density at radius 3 is 2.56 bits per heavy atom. The molecule has 4 aromatic rings. The van der Waals surface area contributed by atoms with E-state index in [4.69, 9.17) is 11.6 Å². The second kappa shape index (κ2) is 9.34. The first-order chi connectivity index (χ1) is 15.4. The molecule has 3 aromatic carbocycles. The number of aromatic nitrogens is 2. The number of hydrogen-bond acceptors (Lipinski definition) is 4. The normalized spacial score (nSPS) is 12.1. The third kappa shape index (κ3) is 4.72. The first-order valence-corrected chi connectivity index (χ1v) is 10.6. The lowest BCUT2D eigenvalue weighted by Crippen LogP contribution is -2.35. The molecule has 4 rings (SSSR count). The highest BCUT2D eigenvalue weighted by Gasteiger charge is 2.26. The van der Waals surface area contributed by atoms with Crippen molar-refractivity contribution in [3.63, 3.8) is 0 Å². The summed E-state index contributed by atoms with van der Waals surface area (Å²) in [5, 5.41) is 4.08. The molecule has 0 aliphatic heterocycles. The monoisotopic (exact) mass is 446 g/mol. The Morgan fingerprint density at radius 1 is 1.09 bits per heavy atom. The van der Waals surface area contributed by atoms with Crippen LogP contribution in [0.15, 0.2) is 77.6 Å². The molecule has 0 radical (unpaired) electrons. The van der Waals surface area contributed by atoms with Gasteiger partial charge in [-0.05, 0) is 49.4 Å². The van der Waals surface area contributed by atoms with Crippen molar-refractivity contribution in [1.82, 2.24) is 14.9 Å². The molecule has 1 amide bonds. The van der Waals surface area contributed by atoms with Gasteiger partial charge >= 0.3 is 0 Å². The fraction of sp³-hybridized carbons (Fsp3) is 0.160. The number of anilines is 1. The van der Waals surface area contributed by atoms with E-state index in [1.807, 2.05) is 67.4 Å². The maximum absolute atomic E-state index is 13.3. The number of aromatic amines is 1. The fourth-order valence-corrected chi connectivity index (χ4v) is 3.84. The standard InChI is InChI=1S/C25H23ClN4O2/c1-16-12-13-18(14-20(16)26)27-25(32)23(17-8-4-3-5-9-17)30(2)15-22-28-21-11-7-6-10-19(21)24(31)29-22/h3-14,23H,15H2,1-2H3,(H,27,32)(H,28,29,31)/t23-/m0/s1. The van der Waals surface area contributed by atoms with Gasteiger partial charge in [-0.1, -0.05) is 60.1 Å². The third-order valence-corrected chi connectivity index (χ3v) is 5.71. The number of benzene rings is 3. The van der Waals surface area contributed by atoms with E-state index in [2.05, 4.69) is 15.3 Å². The molecule has 0 saturated heterocycles. The van der Waals surface area contributed by atoms with Crippen LogP contribution in [0.1, 0.15) is 23.0 Å². The number of carbonyl (C=O) groups excluding carboxylic acids is 1. The van der Waals surface area contributed by atoms with Crippen molar-refractivity contribution in [2.75, 3.05) is 12.4 Å². The van der Waals surface area contributed by atoms with E-state index in [0.29, 0.717) is 27.4 Å². The summed E-state index contributed by atoms with van der Waals surface area (Å²) in [5.41, 5.74) is 2.81. The van der Waals surface area contributed by atoms with Crippen molar-refractivity contribution in [2.24, 2.45) is 0 Å². The van der Waals surface area contributed by atoms with Crippen LogP contribution in [0.4, 0.5) is 5.69 Å². The van der Waals surface area contributed by atoms with E-state index in [1.54, 1.807) is 24.3 Å². The number of nitrogens with zero attached hydrogens (tertiary/aromatic N) is 2. The average molecular weight is 447 g/mol. The van der Waals surface area contributed by atoms with Gasteiger partial charge in [0.2, 0.25) is 5.91 Å². The SMILES string of the molecule is Cc1ccc(NC(=O)[C@H](c2ccccc2)N(C)Cc2nc3ccccc3c(=O)[nH]2)cc1Cl. The summed E-state index contributed by atoms with van der Waals surface area (Å²) >= 11 is 6.22. The Balaban J connectivity index is 1.63. The molecule has 1 atom stereocenters. The Kier molecular flexibility index (Phi) is 6.35. The minimum atomic E-state index is -0.604. The van der Waals surface area contributed by atoms with Crippen LogP contribution in [0.25, 0.3) is 10.9 Å². The lowest BCUT2D eigenvalue weighted by atomic mass is 10.0. The predicted molar refractivity (Wildman–Crippen MR) is 128 cm³/mol. The summed E-state index contributed by atoms with van der Waals surface area (Å²) in [7, 11) is 1.83. The van der Waals surface area contributed by atoms with Crippen molar-refractivity contribution in [2.45, 2.75) is 19.5 Å². The topological polar surface area (TPSA) is 78.1 Å². The van der Waals surface area contributed by atoms with Crippen molar-refractivity contribution >= 4 is 34.1 Å². The molecular weight excluding hydrogens is 424 g/mol. The Morgan fingerprint density at radius 2 is 1.81 bits per heavy atom. The van der Waals surface area contributed by atoms with E-state index in [1.165, 1.54) is 0 Å². The molecule has 0 aliphatic carbocycles. The van der Waals surface area contributed by atoms with Gasteiger partial charge in [-0.15, -0.1) is 0 Å². The van der Waals surface area contributed by atoms with Crippen LogP contribution in [0, 0.1) is 6.92 Å². The number of aryl methyl sites for hydroxylation is 1. The summed E-state index contributed by atoms with van der Waals surface area (Å²) in [6, 6.07) is 21.5. The van der Waals surface area contributed by atoms with Crippen LogP contribution in [0.5, 0.6) is 0 Å². The molecule has 2 N–H and O–H groups in total. The second-order valence-corrected chi connectivity index (χ2v) is 8.12. The number of amides is 1. The fourth-order valence-electron chi connectivity index (χ4n) is 3.66. The average Bonchev–Trinajstić information content (AvgIpc) is 2.77. The van der Waals surface area contributed by atoms with E-state index in [-0.39, 0.29) is 18.0 Å². The Labute approximate surface area is 190 Å². The minimum Gasteiger partial charge on any atom is -0.324 e. The van der Waals surface area contributed by atoms with E-state index >= 15 is 0 Å². The van der Waals surface area contributed by atoms with Gasteiger partial charge in [0.05, 0.1) is 17.4 Å². The smallest absolute Gasteiger partial charge is 0.258 e. The molecule has 0 aliphatic rings. The number of likely N-dealkylation sites (N-methyl/N-ethyl adjacent to an activating group) is 1. The summed E-state index contributed by atoms with van der Waals surface area (Å²) in [5.74, 6) is 0.282. The molecule has 1 heterocycles. The molecule has 0 saturated carbocycles. The van der Waals surface area contributed by atoms with Gasteiger partial charge in [-0.3, -0.25) is 14.5 Å². The van der Waals surface area contributed by atoms with E-state index in [0.717, 1.165) is 11.1 Å². The van der Waals surface area contributed by atoms with Gasteiger partial charge in [0.15, 0.2) is 0 Å². The summed E-state index contributed by atoms with van der Waals surface area (Å²) in [4.78, 5) is 35.0. The highest BCUT2D eigenvalue weighted by atomic mass is 35.5. The van der Waals surface area contributed by atoms with Crippen LogP contribution in [0.2, 0.25) is 5.02 Å². The first-order valence-electron chi connectivity index (χ1n) is 10.2. The summed E-state index contributed by atoms with van der Waals surface area (Å²) in [6.45, 7) is 2.19. The molecular formula is C25H23ClN4O2. The number of halogens is 1. The molecule has 162 valence electrons. The number of carbonyl (C=O) groups is 1. The molecule has 0 spiro atoms. The highest BCUT2D eigenvalue weighted by molar-refractivity contribution is 6.31. The molecule has 1 aromatic heterocycles. The van der Waals surface area contributed by atoms with E-state index in [9.17, 15) is 9.59 Å². The van der Waals surface area contributed by atoms with Gasteiger partial charge in [0, 0.05) is 10.7 Å². The largest absolute Gasteiger partial charge is 0.324 e. The van der Waals surface area contributed by atoms with Crippen LogP contribution in [0.3, 0.4) is 0 Å². The molecule has 7 heteroatoms. The van der Waals surface area contributed by atoms with Gasteiger partial charge in [0.25, 0.3) is 5.56 Å². The van der Waals surface area contributed by atoms with Gasteiger partial charge in [0.1, 0.15) is 11.9 Å². The zero-order chi connectivity index (χ0) is 22.7. The van der Waals surface area contributed by atoms with Crippen molar-refractivity contribution in [1.29, 1.82) is 0 Å². The highest BCUT2D eigenvalue weighted by Crippen LogP contribution is 2.25. The zero-order valence-electron chi connectivity index (χ0n) is 17.8. The molecule has 32 heavy (non-hydrogen) atoms. The minimum absolute atomic E-state index is 0.200. The van der Waals surface area contributed by atoms with Gasteiger partial charge < -0.3 is 10.3 Å². The number of nitrogens with one attached hydrogen (secondary N) is 2. The van der Waals surface area contributed by atoms with Crippen LogP contribution in [-0.2, 0) is 11.3 Å². The lowest BCUT2D eigenvalue weighted by molar-refractivity contribution is -0.121. The zero-order valence-corrected chi connectivity index (χ0v) is 18.6. The number of para-hydroxylation sites is 1. The third-order valence-electron chi connectivity index (χ3n) is 5.30. The molecule has 6 nitrogen and oxygen atoms in total. The number of fused-ring (bicyclic) bond motifs is 1. The van der Waals surface area contributed by atoms with Crippen LogP contribution < -0.4 is 10.9 Å². The maximum atomic E-state index is 13.3. The van der Waals surface area contributed by atoms with Crippen LogP contribution in [-0.4, -0.2) is 27.8 Å². The number of rotatable bonds is 6. The predicted octanol–water partition coefficient (Wildman–Crippen LogP) is 4.70. The Bertz CT molecular complexity index is 1320. The molecule has 0 bridgehead atoms. The van der Waals surface area contributed by atoms with Crippen molar-refractivity contribution in [3.05, 3.63) is 105 Å². The Hall–Kier alpha value is -3.48. The second-order valence-electron chi connectivity index (χ2n) is 7.71. The van der Waals surface area contributed by atoms with Gasteiger partial charge in [-0.25, -0.2) is 4.98 Å². The van der Waals surface area contributed by atoms with Crippen LogP contribution >= 0.6 is 11.6 Å². The molecule has 0 fully saturated rings. The summed E-state index contributed by atoms with van der Waals surface area (Å²) < 4.78 is 0. The maximum Gasteiger partial charge on any atom is 0.258 e. The lowest BCUT2D eigenvalue weighted by Gasteiger charge is -2.27. The van der Waals surface area contributed by atoms with Crippen molar-refractivity contribution < 1.29 is 4.79 Å².